The molecular formula is C26H34N4O2. The summed E-state index contributed by atoms with van der Waals surface area (Å²) in [4.78, 5) is 18.9. The number of benzene rings is 2. The van der Waals surface area contributed by atoms with Crippen LogP contribution in [-0.4, -0.2) is 35.5 Å². The average Bonchev–Trinajstić information content (AvgIpc) is 3.16. The van der Waals surface area contributed by atoms with E-state index < -0.39 is 0 Å². The third-order valence-electron chi connectivity index (χ3n) is 6.09. The number of nitrogens with zero attached hydrogens (tertiary/aromatic N) is 2. The number of hydrogen-bond acceptors (Lipinski definition) is 3. The highest BCUT2D eigenvalue weighted by Crippen LogP contribution is 2.39. The van der Waals surface area contributed by atoms with Crippen molar-refractivity contribution in [2.24, 2.45) is 4.99 Å². The first-order valence-electron chi connectivity index (χ1n) is 11.6. The Hall–Kier alpha value is -3.02. The van der Waals surface area contributed by atoms with Gasteiger partial charge in [0, 0.05) is 38.0 Å². The highest BCUT2D eigenvalue weighted by Gasteiger charge is 2.34. The van der Waals surface area contributed by atoms with E-state index in [9.17, 15) is 4.79 Å². The van der Waals surface area contributed by atoms with Gasteiger partial charge >= 0.3 is 0 Å². The zero-order valence-electron chi connectivity index (χ0n) is 19.4. The van der Waals surface area contributed by atoms with Crippen LogP contribution in [0.25, 0.3) is 0 Å². The normalized spacial score (nSPS) is 20.0. The molecule has 1 amide bonds. The molecule has 2 aliphatic rings. The third-order valence-corrected chi connectivity index (χ3v) is 6.09. The van der Waals surface area contributed by atoms with Crippen molar-refractivity contribution in [2.75, 3.05) is 13.1 Å². The quantitative estimate of drug-likeness (QED) is 0.529. The molecular weight excluding hydrogens is 400 g/mol. The Morgan fingerprint density at radius 3 is 2.66 bits per heavy atom. The van der Waals surface area contributed by atoms with E-state index in [1.807, 2.05) is 29.2 Å². The minimum atomic E-state index is -0.252. The number of carbonyl (C=O) groups excluding carboxylic acids is 1. The molecule has 0 spiro atoms. The van der Waals surface area contributed by atoms with Gasteiger partial charge in [-0.25, -0.2) is 4.99 Å². The van der Waals surface area contributed by atoms with Crippen molar-refractivity contribution in [3.63, 3.8) is 0 Å². The molecule has 0 aliphatic carbocycles. The number of fused-ring (bicyclic) bond motifs is 1. The fraction of sp³-hybridized carbons (Fsp3) is 0.462. The molecule has 1 unspecified atom stereocenters. The first-order valence-corrected chi connectivity index (χ1v) is 11.6. The fourth-order valence-electron chi connectivity index (χ4n) is 4.52. The van der Waals surface area contributed by atoms with Crippen LogP contribution in [-0.2, 0) is 17.9 Å². The average molecular weight is 435 g/mol. The number of ether oxygens (including phenoxy) is 1. The van der Waals surface area contributed by atoms with E-state index in [1.54, 1.807) is 0 Å². The SMILES string of the molecule is CCNC(=NCc1ccccc1CN1CCCC1=O)NC1CC(C)(C)Oc2ccccc21. The standard InChI is InChI=1S/C26H34N4O2/c1-4-27-25(29-22-16-26(2,3)32-23-13-8-7-12-21(22)23)28-17-19-10-5-6-11-20(19)18-30-15-9-14-24(30)31/h5-8,10-13,22H,4,9,14-18H2,1-3H3,(H2,27,28,29). The van der Waals surface area contributed by atoms with Gasteiger partial charge in [-0.1, -0.05) is 42.5 Å². The number of rotatable bonds is 6. The second kappa shape index (κ2) is 9.63. The van der Waals surface area contributed by atoms with E-state index in [-0.39, 0.29) is 17.6 Å². The van der Waals surface area contributed by atoms with Crippen LogP contribution >= 0.6 is 0 Å². The first-order chi connectivity index (χ1) is 15.4. The summed E-state index contributed by atoms with van der Waals surface area (Å²) in [5, 5.41) is 7.02. The van der Waals surface area contributed by atoms with Crippen molar-refractivity contribution in [1.82, 2.24) is 15.5 Å². The molecule has 2 N–H and O–H groups in total. The molecule has 6 heteroatoms. The van der Waals surface area contributed by atoms with Crippen LogP contribution in [0.2, 0.25) is 0 Å². The van der Waals surface area contributed by atoms with E-state index in [4.69, 9.17) is 9.73 Å². The second-order valence-corrected chi connectivity index (χ2v) is 9.18. The van der Waals surface area contributed by atoms with Crippen LogP contribution in [0, 0.1) is 0 Å². The van der Waals surface area contributed by atoms with Crippen LogP contribution < -0.4 is 15.4 Å². The fourth-order valence-corrected chi connectivity index (χ4v) is 4.52. The first kappa shape index (κ1) is 22.2. The maximum Gasteiger partial charge on any atom is 0.222 e. The number of aliphatic imine (C=N–C) groups is 1. The monoisotopic (exact) mass is 434 g/mol. The molecule has 2 heterocycles. The Labute approximate surface area is 191 Å². The van der Waals surface area contributed by atoms with Crippen molar-refractivity contribution >= 4 is 11.9 Å². The Morgan fingerprint density at radius 1 is 1.16 bits per heavy atom. The van der Waals surface area contributed by atoms with Crippen molar-refractivity contribution in [3.8, 4) is 5.75 Å². The predicted molar refractivity (Wildman–Crippen MR) is 128 cm³/mol. The molecule has 2 aliphatic heterocycles. The minimum absolute atomic E-state index is 0.116. The number of nitrogens with one attached hydrogen (secondary N) is 2. The number of carbonyl (C=O) groups is 1. The van der Waals surface area contributed by atoms with E-state index in [1.165, 1.54) is 5.56 Å². The Kier molecular flexibility index (Phi) is 6.68. The van der Waals surface area contributed by atoms with Gasteiger partial charge in [0.25, 0.3) is 0 Å². The van der Waals surface area contributed by atoms with Crippen LogP contribution in [0.5, 0.6) is 5.75 Å². The molecule has 4 rings (SSSR count). The van der Waals surface area contributed by atoms with Gasteiger partial charge in [-0.2, -0.15) is 0 Å². The van der Waals surface area contributed by atoms with Gasteiger partial charge in [-0.3, -0.25) is 4.79 Å². The van der Waals surface area contributed by atoms with E-state index in [2.05, 4.69) is 55.7 Å². The van der Waals surface area contributed by atoms with Crippen LogP contribution in [0.4, 0.5) is 0 Å². The molecule has 1 saturated heterocycles. The van der Waals surface area contributed by atoms with Crippen molar-refractivity contribution in [3.05, 3.63) is 65.2 Å². The Morgan fingerprint density at radius 2 is 1.91 bits per heavy atom. The molecule has 6 nitrogen and oxygen atoms in total. The summed E-state index contributed by atoms with van der Waals surface area (Å²) in [6.07, 6.45) is 2.47. The lowest BCUT2D eigenvalue weighted by atomic mass is 9.90. The molecule has 0 bridgehead atoms. The van der Waals surface area contributed by atoms with E-state index in [0.29, 0.717) is 19.5 Å². The van der Waals surface area contributed by atoms with Crippen molar-refractivity contribution in [1.29, 1.82) is 0 Å². The zero-order chi connectivity index (χ0) is 22.6. The van der Waals surface area contributed by atoms with Crippen LogP contribution in [0.3, 0.4) is 0 Å². The van der Waals surface area contributed by atoms with Gasteiger partial charge in [0.2, 0.25) is 5.91 Å². The summed E-state index contributed by atoms with van der Waals surface area (Å²) in [5.74, 6) is 1.97. The molecule has 0 saturated carbocycles. The Balaban J connectivity index is 1.52. The van der Waals surface area contributed by atoms with Gasteiger partial charge in [0.1, 0.15) is 11.4 Å². The largest absolute Gasteiger partial charge is 0.487 e. The minimum Gasteiger partial charge on any atom is -0.487 e. The third kappa shape index (κ3) is 5.23. The molecule has 32 heavy (non-hydrogen) atoms. The summed E-state index contributed by atoms with van der Waals surface area (Å²) < 4.78 is 6.18. The number of guanidine groups is 1. The van der Waals surface area contributed by atoms with Crippen LogP contribution in [0.1, 0.15) is 62.8 Å². The lowest BCUT2D eigenvalue weighted by Gasteiger charge is -2.38. The topological polar surface area (TPSA) is 66.0 Å². The van der Waals surface area contributed by atoms with Crippen molar-refractivity contribution < 1.29 is 9.53 Å². The molecule has 1 atom stereocenters. The van der Waals surface area contributed by atoms with Crippen molar-refractivity contribution in [2.45, 2.75) is 64.8 Å². The summed E-state index contributed by atoms with van der Waals surface area (Å²) >= 11 is 0. The van der Waals surface area contributed by atoms with Gasteiger partial charge in [-0.05, 0) is 44.4 Å². The van der Waals surface area contributed by atoms with E-state index >= 15 is 0 Å². The molecule has 0 aromatic heterocycles. The number of amides is 1. The van der Waals surface area contributed by atoms with Gasteiger partial charge in [0.15, 0.2) is 5.96 Å². The highest BCUT2D eigenvalue weighted by atomic mass is 16.5. The molecule has 0 radical (unpaired) electrons. The second-order valence-electron chi connectivity index (χ2n) is 9.18. The number of likely N-dealkylation sites (tertiary alicyclic amines) is 1. The van der Waals surface area contributed by atoms with Crippen LogP contribution in [0.15, 0.2) is 53.5 Å². The van der Waals surface area contributed by atoms with Gasteiger partial charge in [0.05, 0.1) is 12.6 Å². The smallest absolute Gasteiger partial charge is 0.222 e. The zero-order valence-corrected chi connectivity index (χ0v) is 19.4. The molecule has 170 valence electrons. The lowest BCUT2D eigenvalue weighted by molar-refractivity contribution is -0.128. The maximum atomic E-state index is 12.1. The lowest BCUT2D eigenvalue weighted by Crippen LogP contribution is -2.45. The summed E-state index contributed by atoms with van der Waals surface area (Å²) in [6, 6.07) is 16.6. The summed E-state index contributed by atoms with van der Waals surface area (Å²) in [6.45, 7) is 9.17. The number of hydrogen-bond donors (Lipinski definition) is 2. The van der Waals surface area contributed by atoms with Gasteiger partial charge < -0.3 is 20.3 Å². The predicted octanol–water partition coefficient (Wildman–Crippen LogP) is 4.17. The molecule has 2 aromatic carbocycles. The Bertz CT molecular complexity index is 985. The molecule has 1 fully saturated rings. The van der Waals surface area contributed by atoms with Gasteiger partial charge in [-0.15, -0.1) is 0 Å². The summed E-state index contributed by atoms with van der Waals surface area (Å²) in [7, 11) is 0. The van der Waals surface area contributed by atoms with E-state index in [0.717, 1.165) is 48.8 Å². The number of para-hydroxylation sites is 1. The maximum absolute atomic E-state index is 12.1. The molecule has 2 aromatic rings. The summed E-state index contributed by atoms with van der Waals surface area (Å²) in [5.41, 5.74) is 3.22. The highest BCUT2D eigenvalue weighted by molar-refractivity contribution is 5.80.